The van der Waals surface area contributed by atoms with Crippen LogP contribution < -0.4 is 5.32 Å². The van der Waals surface area contributed by atoms with E-state index < -0.39 is 22.8 Å². The van der Waals surface area contributed by atoms with Gasteiger partial charge in [-0.3, -0.25) is 4.79 Å². The molecule has 138 valence electrons. The zero-order valence-corrected chi connectivity index (χ0v) is 16.1. The highest BCUT2D eigenvalue weighted by atomic mass is 35.5. The molecule has 2 rings (SSSR count). The van der Waals surface area contributed by atoms with Gasteiger partial charge in [0.1, 0.15) is 5.54 Å². The van der Waals surface area contributed by atoms with E-state index >= 15 is 0 Å². The number of hydrogen-bond donors (Lipinski definition) is 2. The molecule has 0 bridgehead atoms. The molecule has 2 atom stereocenters. The number of ether oxygens (including phenoxy) is 1. The van der Waals surface area contributed by atoms with Crippen LogP contribution in [-0.2, 0) is 9.53 Å². The van der Waals surface area contributed by atoms with Crippen LogP contribution in [0, 0.1) is 5.41 Å². The summed E-state index contributed by atoms with van der Waals surface area (Å²) in [6.07, 6.45) is 0.0352. The van der Waals surface area contributed by atoms with Crippen LogP contribution in [0.15, 0.2) is 18.2 Å². The molecule has 6 heteroatoms. The molecule has 2 unspecified atom stereocenters. The number of hydrogen-bond acceptors (Lipinski definition) is 3. The predicted octanol–water partition coefficient (Wildman–Crippen LogP) is 3.85. The highest BCUT2D eigenvalue weighted by molar-refractivity contribution is 6.31. The van der Waals surface area contributed by atoms with E-state index in [1.165, 1.54) is 0 Å². The number of carboxylic acid groups (broad SMARTS) is 1. The lowest BCUT2D eigenvalue weighted by atomic mass is 9.54. The highest BCUT2D eigenvalue weighted by Gasteiger charge is 2.66. The van der Waals surface area contributed by atoms with Crippen LogP contribution in [0.3, 0.4) is 0 Å². The fourth-order valence-corrected chi connectivity index (χ4v) is 3.84. The van der Waals surface area contributed by atoms with Crippen LogP contribution in [0.25, 0.3) is 0 Å². The van der Waals surface area contributed by atoms with Gasteiger partial charge >= 0.3 is 5.97 Å². The first-order valence-electron chi connectivity index (χ1n) is 8.53. The second kappa shape index (κ2) is 6.96. The van der Waals surface area contributed by atoms with E-state index in [0.717, 1.165) is 5.56 Å². The fraction of sp³-hybridized carbons (Fsp3) is 0.579. The summed E-state index contributed by atoms with van der Waals surface area (Å²) in [6, 6.07) is 5.08. The van der Waals surface area contributed by atoms with Crippen molar-refractivity contribution in [2.75, 3.05) is 6.61 Å². The lowest BCUT2D eigenvalue weighted by molar-refractivity contribution is -0.190. The van der Waals surface area contributed by atoms with Crippen molar-refractivity contribution in [2.24, 2.45) is 5.41 Å². The van der Waals surface area contributed by atoms with Crippen molar-refractivity contribution >= 4 is 23.5 Å². The molecule has 1 aromatic carbocycles. The Balaban J connectivity index is 2.26. The zero-order chi connectivity index (χ0) is 19.0. The van der Waals surface area contributed by atoms with Gasteiger partial charge in [0, 0.05) is 29.0 Å². The summed E-state index contributed by atoms with van der Waals surface area (Å²) in [6.45, 7) is 10.0. The topological polar surface area (TPSA) is 75.6 Å². The Kier molecular flexibility index (Phi) is 5.50. The molecule has 0 saturated heterocycles. The molecule has 1 aliphatic carbocycles. The van der Waals surface area contributed by atoms with Gasteiger partial charge < -0.3 is 15.2 Å². The largest absolute Gasteiger partial charge is 0.479 e. The molecule has 0 aromatic heterocycles. The smallest absolute Gasteiger partial charge is 0.330 e. The maximum absolute atomic E-state index is 12.7. The van der Waals surface area contributed by atoms with Gasteiger partial charge in [-0.25, -0.2) is 4.79 Å². The Bertz CT molecular complexity index is 686. The minimum atomic E-state index is -1.35. The van der Waals surface area contributed by atoms with Crippen LogP contribution >= 0.6 is 11.6 Å². The molecule has 1 saturated carbocycles. The number of carbonyl (C=O) groups is 2. The first-order valence-corrected chi connectivity index (χ1v) is 8.91. The third kappa shape index (κ3) is 3.27. The molecule has 1 fully saturated rings. The molecule has 1 amide bonds. The van der Waals surface area contributed by atoms with Crippen LogP contribution in [0.5, 0.6) is 0 Å². The van der Waals surface area contributed by atoms with E-state index in [9.17, 15) is 14.7 Å². The highest BCUT2D eigenvalue weighted by Crippen LogP contribution is 2.51. The molecular formula is C19H26ClNO4. The van der Waals surface area contributed by atoms with Crippen LogP contribution in [0.4, 0.5) is 0 Å². The molecule has 1 aromatic rings. The lowest BCUT2D eigenvalue weighted by Crippen LogP contribution is -2.76. The van der Waals surface area contributed by atoms with Gasteiger partial charge in [-0.2, -0.15) is 0 Å². The monoisotopic (exact) mass is 367 g/mol. The van der Waals surface area contributed by atoms with E-state index in [4.69, 9.17) is 16.3 Å². The Hall–Kier alpha value is -1.59. The number of carboxylic acids is 1. The second-order valence-corrected chi connectivity index (χ2v) is 7.83. The van der Waals surface area contributed by atoms with Gasteiger partial charge in [0.15, 0.2) is 0 Å². The number of benzene rings is 1. The Morgan fingerprint density at radius 1 is 1.40 bits per heavy atom. The average molecular weight is 368 g/mol. The van der Waals surface area contributed by atoms with Gasteiger partial charge in [-0.1, -0.05) is 45.4 Å². The zero-order valence-electron chi connectivity index (χ0n) is 15.4. The maximum Gasteiger partial charge on any atom is 0.330 e. The maximum atomic E-state index is 12.7. The summed E-state index contributed by atoms with van der Waals surface area (Å²) >= 11 is 6.25. The van der Waals surface area contributed by atoms with Gasteiger partial charge in [-0.15, -0.1) is 0 Å². The number of amides is 1. The van der Waals surface area contributed by atoms with Gasteiger partial charge in [0.05, 0.1) is 6.10 Å². The Labute approximate surface area is 153 Å². The molecule has 0 spiro atoms. The first-order chi connectivity index (χ1) is 11.6. The third-order valence-corrected chi connectivity index (χ3v) is 5.67. The third-order valence-electron chi connectivity index (χ3n) is 5.34. The van der Waals surface area contributed by atoms with Crippen molar-refractivity contribution in [3.63, 3.8) is 0 Å². The summed E-state index contributed by atoms with van der Waals surface area (Å²) in [5.41, 5.74) is -0.767. The molecule has 0 aliphatic heterocycles. The summed E-state index contributed by atoms with van der Waals surface area (Å²) in [5.74, 6) is -1.25. The van der Waals surface area contributed by atoms with E-state index in [1.54, 1.807) is 26.0 Å². The van der Waals surface area contributed by atoms with E-state index in [-0.39, 0.29) is 18.4 Å². The lowest BCUT2D eigenvalue weighted by Gasteiger charge is -2.58. The molecule has 2 N–H and O–H groups in total. The summed E-state index contributed by atoms with van der Waals surface area (Å²) in [5, 5.41) is 13.0. The average Bonchev–Trinajstić information content (AvgIpc) is 2.52. The van der Waals surface area contributed by atoms with E-state index in [0.29, 0.717) is 17.2 Å². The minimum Gasteiger partial charge on any atom is -0.479 e. The Morgan fingerprint density at radius 3 is 2.48 bits per heavy atom. The number of carbonyl (C=O) groups excluding carboxylic acids is 1. The second-order valence-electron chi connectivity index (χ2n) is 7.43. The quantitative estimate of drug-likeness (QED) is 0.800. The molecule has 25 heavy (non-hydrogen) atoms. The first kappa shape index (κ1) is 19.7. The summed E-state index contributed by atoms with van der Waals surface area (Å²) < 4.78 is 5.61. The van der Waals surface area contributed by atoms with Crippen molar-refractivity contribution in [1.29, 1.82) is 0 Å². The normalized spacial score (nSPS) is 24.7. The molecule has 1 aliphatic rings. The Morgan fingerprint density at radius 2 is 2.04 bits per heavy atom. The van der Waals surface area contributed by atoms with Gasteiger partial charge in [0.25, 0.3) is 5.91 Å². The molecular weight excluding hydrogens is 342 g/mol. The number of rotatable bonds is 6. The predicted molar refractivity (Wildman–Crippen MR) is 97.2 cm³/mol. The SMILES string of the molecule is CCOC1CC(NC(=O)c2ccc(C(C)C)c(Cl)c2)(C(=O)O)C1(C)C. The van der Waals surface area contributed by atoms with Crippen LogP contribution in [0.2, 0.25) is 5.02 Å². The van der Waals surface area contributed by atoms with Crippen LogP contribution in [-0.4, -0.2) is 35.2 Å². The molecule has 5 nitrogen and oxygen atoms in total. The molecule has 0 heterocycles. The number of aliphatic carboxylic acids is 1. The number of nitrogens with one attached hydrogen (secondary N) is 1. The fourth-order valence-electron chi connectivity index (χ4n) is 3.44. The summed E-state index contributed by atoms with van der Waals surface area (Å²) in [7, 11) is 0. The van der Waals surface area contributed by atoms with Crippen molar-refractivity contribution < 1.29 is 19.4 Å². The van der Waals surface area contributed by atoms with Crippen molar-refractivity contribution in [3.8, 4) is 0 Å². The number of halogens is 1. The van der Waals surface area contributed by atoms with E-state index in [1.807, 2.05) is 26.8 Å². The van der Waals surface area contributed by atoms with Crippen molar-refractivity contribution in [3.05, 3.63) is 34.3 Å². The van der Waals surface area contributed by atoms with E-state index in [2.05, 4.69) is 5.32 Å². The van der Waals surface area contributed by atoms with Gasteiger partial charge in [-0.05, 0) is 30.5 Å². The van der Waals surface area contributed by atoms with Crippen molar-refractivity contribution in [1.82, 2.24) is 5.32 Å². The van der Waals surface area contributed by atoms with Crippen molar-refractivity contribution in [2.45, 2.75) is 58.6 Å². The molecule has 0 radical (unpaired) electrons. The standard InChI is InChI=1S/C19H26ClNO4/c1-6-25-15-10-19(17(23)24,18(15,4)5)21-16(22)12-7-8-13(11(2)3)14(20)9-12/h7-9,11,15H,6,10H2,1-5H3,(H,21,22)(H,23,24). The summed E-state index contributed by atoms with van der Waals surface area (Å²) in [4.78, 5) is 24.6. The van der Waals surface area contributed by atoms with Crippen LogP contribution in [0.1, 0.15) is 62.9 Å². The minimum absolute atomic E-state index is 0.208. The van der Waals surface area contributed by atoms with Gasteiger partial charge in [0.2, 0.25) is 0 Å².